The predicted octanol–water partition coefficient (Wildman–Crippen LogP) is 3.18. The number of rotatable bonds is 16. The summed E-state index contributed by atoms with van der Waals surface area (Å²) in [5.41, 5.74) is 0. The van der Waals surface area contributed by atoms with Crippen LogP contribution in [0.5, 0.6) is 0 Å². The Morgan fingerprint density at radius 1 is 0.692 bits per heavy atom. The summed E-state index contributed by atoms with van der Waals surface area (Å²) in [5, 5.41) is 21.8. The van der Waals surface area contributed by atoms with Crippen molar-refractivity contribution in [2.24, 2.45) is 0 Å². The molecule has 0 aromatic carbocycles. The molecule has 1 amide bonds. The second-order valence-electron chi connectivity index (χ2n) is 6.32. The maximum Gasteiger partial charge on any atom is 0.305 e. The molecule has 0 aliphatic rings. The van der Waals surface area contributed by atoms with Crippen LogP contribution in [0, 0.1) is 0 Å². The Morgan fingerprint density at radius 3 is 1.58 bits per heavy atom. The molecule has 0 unspecified atom stereocenters. The average Bonchev–Trinajstić information content (AvgIpc) is 2.58. The van der Waals surface area contributed by atoms with E-state index >= 15 is 0 Å². The average molecular weight is 375 g/mol. The van der Waals surface area contributed by atoms with Crippen molar-refractivity contribution in [2.75, 3.05) is 20.1 Å². The first-order chi connectivity index (χ1) is 12.4. The van der Waals surface area contributed by atoms with Gasteiger partial charge in [0.2, 0.25) is 5.91 Å². The second-order valence-corrected chi connectivity index (χ2v) is 6.32. The first-order valence-corrected chi connectivity index (χ1v) is 9.78. The molecule has 0 bridgehead atoms. The van der Waals surface area contributed by atoms with Crippen molar-refractivity contribution in [3.63, 3.8) is 0 Å². The fraction of sp³-hybridized carbons (Fsp3) is 0.842. The van der Waals surface area contributed by atoms with Gasteiger partial charge in [0.1, 0.15) is 0 Å². The van der Waals surface area contributed by atoms with E-state index in [0.29, 0.717) is 13.0 Å². The molecule has 26 heavy (non-hydrogen) atoms. The van der Waals surface area contributed by atoms with Crippen LogP contribution in [0.4, 0.5) is 0 Å². The molecule has 0 atom stereocenters. The minimum absolute atomic E-state index is 0.00347. The molecule has 0 saturated heterocycles. The number of amides is 1. The van der Waals surface area contributed by atoms with Gasteiger partial charge in [-0.1, -0.05) is 58.3 Å². The van der Waals surface area contributed by atoms with Gasteiger partial charge >= 0.3 is 11.9 Å². The summed E-state index contributed by atoms with van der Waals surface area (Å²) in [5.74, 6) is -1.65. The number of carbonyl (C=O) groups excluding carboxylic acids is 1. The fourth-order valence-corrected chi connectivity index (χ4v) is 2.23. The van der Waals surface area contributed by atoms with Crippen molar-refractivity contribution in [3.8, 4) is 0 Å². The topological polar surface area (TPSA) is 116 Å². The van der Waals surface area contributed by atoms with E-state index in [-0.39, 0.29) is 25.3 Å². The number of carbonyl (C=O) groups is 3. The van der Waals surface area contributed by atoms with Crippen LogP contribution >= 0.6 is 0 Å². The highest BCUT2D eigenvalue weighted by atomic mass is 16.4. The highest BCUT2D eigenvalue weighted by molar-refractivity contribution is 5.76. The Hall–Kier alpha value is -1.63. The van der Waals surface area contributed by atoms with Crippen molar-refractivity contribution in [3.05, 3.63) is 0 Å². The Morgan fingerprint density at radius 2 is 1.15 bits per heavy atom. The zero-order valence-corrected chi connectivity index (χ0v) is 16.5. The van der Waals surface area contributed by atoms with Gasteiger partial charge in [0.25, 0.3) is 0 Å². The molecule has 4 N–H and O–H groups in total. The van der Waals surface area contributed by atoms with Gasteiger partial charge < -0.3 is 20.8 Å². The normalized spacial score (nSPS) is 9.92. The molecule has 0 aromatic rings. The van der Waals surface area contributed by atoms with Crippen molar-refractivity contribution < 1.29 is 24.6 Å². The summed E-state index contributed by atoms with van der Waals surface area (Å²) < 4.78 is 0. The number of carboxylic acids is 2. The van der Waals surface area contributed by atoms with Crippen LogP contribution in [-0.2, 0) is 14.4 Å². The maximum absolute atomic E-state index is 11.3. The molecule has 7 nitrogen and oxygen atoms in total. The number of aliphatic carboxylic acids is 2. The van der Waals surface area contributed by atoms with E-state index in [0.717, 1.165) is 12.8 Å². The molecule has 0 aromatic heterocycles. The molecule has 0 aliphatic carbocycles. The molecule has 0 heterocycles. The maximum atomic E-state index is 11.3. The molecule has 0 spiro atoms. The van der Waals surface area contributed by atoms with Crippen LogP contribution in [-0.4, -0.2) is 48.2 Å². The summed E-state index contributed by atoms with van der Waals surface area (Å²) in [6.45, 7) is 3.02. The minimum Gasteiger partial charge on any atom is -0.481 e. The van der Waals surface area contributed by atoms with Crippen LogP contribution in [0.2, 0.25) is 0 Å². The molecule has 154 valence electrons. The van der Waals surface area contributed by atoms with Gasteiger partial charge in [0.05, 0.1) is 12.8 Å². The van der Waals surface area contributed by atoms with E-state index in [2.05, 4.69) is 17.6 Å². The predicted molar refractivity (Wildman–Crippen MR) is 103 cm³/mol. The van der Waals surface area contributed by atoms with E-state index in [1.165, 1.54) is 44.9 Å². The van der Waals surface area contributed by atoms with Gasteiger partial charge in [-0.15, -0.1) is 0 Å². The van der Waals surface area contributed by atoms with Gasteiger partial charge in [-0.2, -0.15) is 0 Å². The summed E-state index contributed by atoms with van der Waals surface area (Å²) in [6, 6.07) is 0. The third kappa shape index (κ3) is 27.2. The van der Waals surface area contributed by atoms with E-state index in [4.69, 9.17) is 10.2 Å². The number of unbranched alkanes of at least 4 members (excludes halogenated alkanes) is 8. The Labute approximate surface area is 157 Å². The van der Waals surface area contributed by atoms with E-state index in [1.807, 2.05) is 0 Å². The standard InChI is InChI=1S/C15H29NO3.C4H9NO2/c1-2-3-4-5-6-7-8-9-10-11-14(17)16-13-12-15(18)19;1-5-3-2-4(6)7/h2-13H2,1H3,(H,16,17)(H,18,19);5H,2-3H2,1H3,(H,6,7). The Bertz CT molecular complexity index is 362. The van der Waals surface area contributed by atoms with Crippen LogP contribution in [0.25, 0.3) is 0 Å². The van der Waals surface area contributed by atoms with Gasteiger partial charge in [-0.25, -0.2) is 0 Å². The zero-order chi connectivity index (χ0) is 20.0. The number of nitrogens with one attached hydrogen (secondary N) is 2. The van der Waals surface area contributed by atoms with Crippen LogP contribution in [0.3, 0.4) is 0 Å². The summed E-state index contributed by atoms with van der Waals surface area (Å²) in [6.07, 6.45) is 11.8. The number of hydrogen-bond donors (Lipinski definition) is 4. The van der Waals surface area contributed by atoms with Crippen molar-refractivity contribution in [2.45, 2.75) is 84.0 Å². The van der Waals surface area contributed by atoms with Gasteiger partial charge in [0, 0.05) is 19.5 Å². The Kier molecular flexibility index (Phi) is 21.9. The Balaban J connectivity index is 0. The van der Waals surface area contributed by atoms with Gasteiger partial charge in [0.15, 0.2) is 0 Å². The minimum atomic E-state index is -0.872. The first kappa shape index (κ1) is 26.6. The molecule has 0 saturated carbocycles. The quantitative estimate of drug-likeness (QED) is 0.308. The monoisotopic (exact) mass is 374 g/mol. The highest BCUT2D eigenvalue weighted by Gasteiger charge is 2.02. The second kappa shape index (κ2) is 21.4. The lowest BCUT2D eigenvalue weighted by atomic mass is 10.1. The van der Waals surface area contributed by atoms with E-state index in [1.54, 1.807) is 7.05 Å². The third-order valence-electron chi connectivity index (χ3n) is 3.76. The third-order valence-corrected chi connectivity index (χ3v) is 3.76. The number of hydrogen-bond acceptors (Lipinski definition) is 4. The molecule has 0 aliphatic heterocycles. The fourth-order valence-electron chi connectivity index (χ4n) is 2.23. The molecule has 0 rings (SSSR count). The molecule has 7 heteroatoms. The molecule has 0 fully saturated rings. The van der Waals surface area contributed by atoms with Gasteiger partial charge in [-0.3, -0.25) is 14.4 Å². The molecular formula is C19H38N2O5. The van der Waals surface area contributed by atoms with Crippen LogP contribution < -0.4 is 10.6 Å². The smallest absolute Gasteiger partial charge is 0.305 e. The highest BCUT2D eigenvalue weighted by Crippen LogP contribution is 2.10. The lowest BCUT2D eigenvalue weighted by molar-refractivity contribution is -0.138. The molecular weight excluding hydrogens is 336 g/mol. The van der Waals surface area contributed by atoms with E-state index in [9.17, 15) is 14.4 Å². The summed E-state index contributed by atoms with van der Waals surface area (Å²) >= 11 is 0. The van der Waals surface area contributed by atoms with Crippen molar-refractivity contribution in [1.29, 1.82) is 0 Å². The largest absolute Gasteiger partial charge is 0.481 e. The van der Waals surface area contributed by atoms with E-state index < -0.39 is 11.9 Å². The first-order valence-electron chi connectivity index (χ1n) is 9.78. The van der Waals surface area contributed by atoms with Crippen molar-refractivity contribution in [1.82, 2.24) is 10.6 Å². The lowest BCUT2D eigenvalue weighted by Gasteiger charge is -2.04. The summed E-state index contributed by atoms with van der Waals surface area (Å²) in [7, 11) is 1.73. The van der Waals surface area contributed by atoms with Crippen molar-refractivity contribution >= 4 is 17.8 Å². The zero-order valence-electron chi connectivity index (χ0n) is 16.5. The van der Waals surface area contributed by atoms with Crippen LogP contribution in [0.15, 0.2) is 0 Å². The SMILES string of the molecule is CCCCCCCCCCCC(=O)NCCC(=O)O.CNCCC(=O)O. The lowest BCUT2D eigenvalue weighted by Crippen LogP contribution is -2.25. The number of carboxylic acid groups (broad SMARTS) is 2. The summed E-state index contributed by atoms with van der Waals surface area (Å²) in [4.78, 5) is 31.3. The van der Waals surface area contributed by atoms with Crippen LogP contribution in [0.1, 0.15) is 84.0 Å². The molecule has 0 radical (unpaired) electrons. The van der Waals surface area contributed by atoms with Gasteiger partial charge in [-0.05, 0) is 13.5 Å².